The second kappa shape index (κ2) is 5.17. The molecule has 21 heavy (non-hydrogen) atoms. The van der Waals surface area contributed by atoms with Crippen LogP contribution in [0, 0.1) is 6.92 Å². The standard InChI is InChI=1S/C17H16ClNO2/c1-10-7-11(3-5-14(10)18)17(21)12-4-6-15-13(8-12)9-16(20)19(15)2/h3-8,17,21H,9H2,1-2H3. The predicted molar refractivity (Wildman–Crippen MR) is 83.8 cm³/mol. The monoisotopic (exact) mass is 301 g/mol. The molecule has 0 spiro atoms. The van der Waals surface area contributed by atoms with E-state index in [4.69, 9.17) is 11.6 Å². The highest BCUT2D eigenvalue weighted by Gasteiger charge is 2.25. The van der Waals surface area contributed by atoms with Crippen molar-refractivity contribution in [3.8, 4) is 0 Å². The Morgan fingerprint density at radius 3 is 2.57 bits per heavy atom. The van der Waals surface area contributed by atoms with Crippen LogP contribution in [-0.4, -0.2) is 18.1 Å². The number of anilines is 1. The molecule has 1 heterocycles. The van der Waals surface area contributed by atoms with E-state index < -0.39 is 6.10 Å². The van der Waals surface area contributed by atoms with Crippen molar-refractivity contribution in [3.05, 3.63) is 63.7 Å². The molecule has 1 atom stereocenters. The summed E-state index contributed by atoms with van der Waals surface area (Å²) in [5.41, 5.74) is 4.41. The number of hydrogen-bond donors (Lipinski definition) is 1. The topological polar surface area (TPSA) is 40.5 Å². The van der Waals surface area contributed by atoms with Crippen LogP contribution in [0.5, 0.6) is 0 Å². The van der Waals surface area contributed by atoms with Crippen LogP contribution in [0.1, 0.15) is 28.4 Å². The summed E-state index contributed by atoms with van der Waals surface area (Å²) in [4.78, 5) is 13.4. The fourth-order valence-corrected chi connectivity index (χ4v) is 2.81. The molecule has 0 saturated carbocycles. The molecule has 1 aliphatic rings. The van der Waals surface area contributed by atoms with E-state index in [9.17, 15) is 9.90 Å². The van der Waals surface area contributed by atoms with Crippen LogP contribution in [0.15, 0.2) is 36.4 Å². The largest absolute Gasteiger partial charge is 0.384 e. The third-order valence-corrected chi connectivity index (χ3v) is 4.42. The summed E-state index contributed by atoms with van der Waals surface area (Å²) < 4.78 is 0. The lowest BCUT2D eigenvalue weighted by Crippen LogP contribution is -2.20. The van der Waals surface area contributed by atoms with Gasteiger partial charge < -0.3 is 10.0 Å². The molecule has 2 aromatic rings. The highest BCUT2D eigenvalue weighted by Crippen LogP contribution is 2.32. The number of nitrogens with zero attached hydrogens (tertiary/aromatic N) is 1. The van der Waals surface area contributed by atoms with E-state index in [1.165, 1.54) is 0 Å². The maximum atomic E-state index is 11.7. The normalized spacial score (nSPS) is 15.2. The van der Waals surface area contributed by atoms with Gasteiger partial charge in [-0.25, -0.2) is 0 Å². The molecule has 1 unspecified atom stereocenters. The van der Waals surface area contributed by atoms with Crippen molar-refractivity contribution in [1.29, 1.82) is 0 Å². The van der Waals surface area contributed by atoms with Crippen LogP contribution in [0.2, 0.25) is 5.02 Å². The lowest BCUT2D eigenvalue weighted by atomic mass is 9.97. The molecular weight excluding hydrogens is 286 g/mol. The number of aliphatic hydroxyl groups excluding tert-OH is 1. The predicted octanol–water partition coefficient (Wildman–Crippen LogP) is 3.25. The molecule has 1 amide bonds. The average molecular weight is 302 g/mol. The number of aryl methyl sites for hydroxylation is 1. The zero-order valence-electron chi connectivity index (χ0n) is 11.9. The fourth-order valence-electron chi connectivity index (χ4n) is 2.69. The Hall–Kier alpha value is -1.84. The van der Waals surface area contributed by atoms with Crippen LogP contribution in [0.25, 0.3) is 0 Å². The molecule has 0 radical (unpaired) electrons. The van der Waals surface area contributed by atoms with Crippen molar-refractivity contribution in [2.24, 2.45) is 0 Å². The molecule has 4 heteroatoms. The van der Waals surface area contributed by atoms with Crippen molar-refractivity contribution < 1.29 is 9.90 Å². The molecule has 108 valence electrons. The van der Waals surface area contributed by atoms with Crippen molar-refractivity contribution in [1.82, 2.24) is 0 Å². The van der Waals surface area contributed by atoms with Gasteiger partial charge in [0.05, 0.1) is 6.42 Å². The SMILES string of the molecule is Cc1cc(C(O)c2ccc3c(c2)CC(=O)N3C)ccc1Cl. The number of amides is 1. The minimum Gasteiger partial charge on any atom is -0.384 e. The third-order valence-electron chi connectivity index (χ3n) is 3.99. The molecule has 0 fully saturated rings. The lowest BCUT2D eigenvalue weighted by Gasteiger charge is -2.15. The van der Waals surface area contributed by atoms with E-state index in [-0.39, 0.29) is 5.91 Å². The first-order valence-electron chi connectivity index (χ1n) is 6.81. The maximum absolute atomic E-state index is 11.7. The third kappa shape index (κ3) is 2.43. The number of halogens is 1. The lowest BCUT2D eigenvalue weighted by molar-refractivity contribution is -0.117. The number of rotatable bonds is 2. The molecule has 3 rings (SSSR count). The van der Waals surface area contributed by atoms with E-state index in [0.29, 0.717) is 11.4 Å². The smallest absolute Gasteiger partial charge is 0.231 e. The number of carbonyl (C=O) groups is 1. The maximum Gasteiger partial charge on any atom is 0.231 e. The molecule has 1 N–H and O–H groups in total. The van der Waals surface area contributed by atoms with Gasteiger partial charge in [0.15, 0.2) is 0 Å². The summed E-state index contributed by atoms with van der Waals surface area (Å²) in [5.74, 6) is 0.0824. The summed E-state index contributed by atoms with van der Waals surface area (Å²) in [6.45, 7) is 1.91. The molecule has 0 saturated heterocycles. The van der Waals surface area contributed by atoms with Gasteiger partial charge in [0, 0.05) is 17.8 Å². The number of benzene rings is 2. The zero-order valence-corrected chi connectivity index (χ0v) is 12.7. The highest BCUT2D eigenvalue weighted by atomic mass is 35.5. The Balaban J connectivity index is 1.96. The Labute approximate surface area is 128 Å². The Kier molecular flexibility index (Phi) is 3.47. The number of likely N-dealkylation sites (N-methyl/N-ethyl adjacent to an activating group) is 1. The van der Waals surface area contributed by atoms with Gasteiger partial charge in [0.2, 0.25) is 5.91 Å². The summed E-state index contributed by atoms with van der Waals surface area (Å²) in [5, 5.41) is 11.2. The molecule has 0 bridgehead atoms. The first kappa shape index (κ1) is 14.1. The summed E-state index contributed by atoms with van der Waals surface area (Å²) in [6.07, 6.45) is -0.321. The highest BCUT2D eigenvalue weighted by molar-refractivity contribution is 6.31. The number of carbonyl (C=O) groups excluding carboxylic acids is 1. The summed E-state index contributed by atoms with van der Waals surface area (Å²) in [6, 6.07) is 11.2. The van der Waals surface area contributed by atoms with Crippen LogP contribution >= 0.6 is 11.6 Å². The van der Waals surface area contributed by atoms with Gasteiger partial charge in [-0.2, -0.15) is 0 Å². The van der Waals surface area contributed by atoms with E-state index in [2.05, 4.69) is 0 Å². The molecule has 2 aromatic carbocycles. The Morgan fingerprint density at radius 2 is 1.86 bits per heavy atom. The summed E-state index contributed by atoms with van der Waals surface area (Å²) in [7, 11) is 1.77. The van der Waals surface area contributed by atoms with Gasteiger partial charge in [-0.1, -0.05) is 35.9 Å². The van der Waals surface area contributed by atoms with Crippen LogP contribution in [-0.2, 0) is 11.2 Å². The van der Waals surface area contributed by atoms with Crippen LogP contribution in [0.4, 0.5) is 5.69 Å². The van der Waals surface area contributed by atoms with E-state index >= 15 is 0 Å². The van der Waals surface area contributed by atoms with Gasteiger partial charge in [-0.05, 0) is 41.3 Å². The number of hydrogen-bond acceptors (Lipinski definition) is 2. The minimum absolute atomic E-state index is 0.0824. The van der Waals surface area contributed by atoms with Crippen LogP contribution in [0.3, 0.4) is 0 Å². The zero-order chi connectivity index (χ0) is 15.1. The minimum atomic E-state index is -0.715. The second-order valence-electron chi connectivity index (χ2n) is 5.43. The molecule has 3 nitrogen and oxygen atoms in total. The first-order valence-corrected chi connectivity index (χ1v) is 7.18. The molecular formula is C17H16ClNO2. The van der Waals surface area contributed by atoms with E-state index in [1.807, 2.05) is 37.3 Å². The Bertz CT molecular complexity index is 727. The van der Waals surface area contributed by atoms with Crippen molar-refractivity contribution in [2.75, 3.05) is 11.9 Å². The average Bonchev–Trinajstić information content (AvgIpc) is 2.76. The van der Waals surface area contributed by atoms with Crippen molar-refractivity contribution >= 4 is 23.2 Å². The fraction of sp³-hybridized carbons (Fsp3) is 0.235. The van der Waals surface area contributed by atoms with E-state index in [0.717, 1.165) is 27.9 Å². The number of fused-ring (bicyclic) bond motifs is 1. The van der Waals surface area contributed by atoms with Gasteiger partial charge in [0.1, 0.15) is 6.10 Å². The number of aliphatic hydroxyl groups is 1. The van der Waals surface area contributed by atoms with Crippen LogP contribution < -0.4 is 4.90 Å². The van der Waals surface area contributed by atoms with Gasteiger partial charge in [-0.3, -0.25) is 4.79 Å². The Morgan fingerprint density at radius 1 is 1.19 bits per heavy atom. The second-order valence-corrected chi connectivity index (χ2v) is 5.84. The van der Waals surface area contributed by atoms with Crippen molar-refractivity contribution in [2.45, 2.75) is 19.4 Å². The van der Waals surface area contributed by atoms with Gasteiger partial charge in [-0.15, -0.1) is 0 Å². The summed E-state index contributed by atoms with van der Waals surface area (Å²) >= 11 is 6.02. The quantitative estimate of drug-likeness (QED) is 0.925. The molecule has 0 aromatic heterocycles. The molecule has 1 aliphatic heterocycles. The van der Waals surface area contributed by atoms with Gasteiger partial charge in [0.25, 0.3) is 0 Å². The van der Waals surface area contributed by atoms with Crippen molar-refractivity contribution in [3.63, 3.8) is 0 Å². The first-order chi connectivity index (χ1) is 9.97. The van der Waals surface area contributed by atoms with E-state index in [1.54, 1.807) is 18.0 Å². The van der Waals surface area contributed by atoms with Gasteiger partial charge >= 0.3 is 0 Å². The molecule has 0 aliphatic carbocycles.